The van der Waals surface area contributed by atoms with Crippen LogP contribution in [0.3, 0.4) is 0 Å². The van der Waals surface area contributed by atoms with Crippen LogP contribution in [0.4, 0.5) is 0 Å². The number of ether oxygens (including phenoxy) is 1. The van der Waals surface area contributed by atoms with Crippen LogP contribution in [0, 0.1) is 12.8 Å². The Hall–Kier alpha value is -2.57. The lowest BCUT2D eigenvalue weighted by molar-refractivity contribution is -0.146. The first-order chi connectivity index (χ1) is 11.9. The van der Waals surface area contributed by atoms with Crippen LogP contribution in [0.5, 0.6) is 5.75 Å². The second kappa shape index (κ2) is 8.50. The number of amides is 2. The van der Waals surface area contributed by atoms with Crippen LogP contribution in [0.2, 0.25) is 0 Å². The number of carbonyl (C=O) groups excluding carboxylic acids is 2. The van der Waals surface area contributed by atoms with Crippen molar-refractivity contribution < 1.29 is 24.2 Å². The van der Waals surface area contributed by atoms with E-state index in [4.69, 9.17) is 9.84 Å². The summed E-state index contributed by atoms with van der Waals surface area (Å²) in [6, 6.07) is 7.38. The topological polar surface area (TPSA) is 87.2 Å². The van der Waals surface area contributed by atoms with Gasteiger partial charge in [-0.2, -0.15) is 0 Å². The molecule has 0 aliphatic carbocycles. The van der Waals surface area contributed by atoms with E-state index in [0.717, 1.165) is 5.56 Å². The number of hydrogen-bond donors (Lipinski definition) is 1. The van der Waals surface area contributed by atoms with Crippen molar-refractivity contribution >= 4 is 17.8 Å². The summed E-state index contributed by atoms with van der Waals surface area (Å²) in [5.74, 6) is -1.04. The summed E-state index contributed by atoms with van der Waals surface area (Å²) >= 11 is 0. The van der Waals surface area contributed by atoms with Crippen LogP contribution in [0.1, 0.15) is 18.4 Å². The number of likely N-dealkylation sites (N-methyl/N-ethyl adjacent to an activating group) is 1. The summed E-state index contributed by atoms with van der Waals surface area (Å²) in [6.07, 6.45) is 0.907. The zero-order valence-corrected chi connectivity index (χ0v) is 14.6. The lowest BCUT2D eigenvalue weighted by Crippen LogP contribution is -2.46. The Morgan fingerprint density at radius 3 is 2.36 bits per heavy atom. The summed E-state index contributed by atoms with van der Waals surface area (Å²) in [6.45, 7) is 2.63. The maximum atomic E-state index is 12.2. The summed E-state index contributed by atoms with van der Waals surface area (Å²) < 4.78 is 5.43. The number of aryl methyl sites for hydroxylation is 1. The van der Waals surface area contributed by atoms with E-state index in [2.05, 4.69) is 0 Å². The first-order valence-electron chi connectivity index (χ1n) is 8.31. The molecule has 136 valence electrons. The predicted molar refractivity (Wildman–Crippen MR) is 91.3 cm³/mol. The molecule has 0 atom stereocenters. The average molecular weight is 348 g/mol. The van der Waals surface area contributed by atoms with E-state index in [-0.39, 0.29) is 30.9 Å². The molecule has 25 heavy (non-hydrogen) atoms. The van der Waals surface area contributed by atoms with E-state index in [1.54, 1.807) is 24.1 Å². The Bertz CT molecular complexity index is 621. The van der Waals surface area contributed by atoms with Crippen LogP contribution in [0.15, 0.2) is 24.3 Å². The van der Waals surface area contributed by atoms with Crippen molar-refractivity contribution in [1.82, 2.24) is 9.80 Å². The molecule has 0 bridgehead atoms. The average Bonchev–Trinajstić information content (AvgIpc) is 2.60. The fraction of sp³-hybridized carbons (Fsp3) is 0.500. The second-order valence-electron chi connectivity index (χ2n) is 6.34. The van der Waals surface area contributed by atoms with E-state index in [1.165, 1.54) is 4.90 Å². The molecule has 1 aliphatic heterocycles. The number of carboxylic acid groups (broad SMARTS) is 1. The van der Waals surface area contributed by atoms with Crippen molar-refractivity contribution in [2.75, 3.05) is 33.3 Å². The molecule has 0 saturated carbocycles. The normalized spacial score (nSPS) is 14.9. The molecule has 7 heteroatoms. The van der Waals surface area contributed by atoms with Gasteiger partial charge in [0.15, 0.2) is 6.61 Å². The van der Waals surface area contributed by atoms with Gasteiger partial charge in [-0.3, -0.25) is 14.4 Å². The quantitative estimate of drug-likeness (QED) is 0.833. The standard InChI is InChI=1S/C18H24N2O5/c1-13-3-5-15(6-4-13)25-12-17(22)19(2)11-16(21)20-9-7-14(8-10-20)18(23)24/h3-6,14H,7-12H2,1-2H3,(H,23,24). The molecule has 1 heterocycles. The molecule has 0 spiro atoms. The van der Waals surface area contributed by atoms with Gasteiger partial charge in [0.2, 0.25) is 5.91 Å². The van der Waals surface area contributed by atoms with E-state index >= 15 is 0 Å². The third-order valence-electron chi connectivity index (χ3n) is 4.38. The Morgan fingerprint density at radius 1 is 1.20 bits per heavy atom. The van der Waals surface area contributed by atoms with Gasteiger partial charge >= 0.3 is 5.97 Å². The van der Waals surface area contributed by atoms with E-state index in [9.17, 15) is 14.4 Å². The van der Waals surface area contributed by atoms with E-state index in [0.29, 0.717) is 31.7 Å². The summed E-state index contributed by atoms with van der Waals surface area (Å²) in [5.41, 5.74) is 1.10. The SMILES string of the molecule is Cc1ccc(OCC(=O)N(C)CC(=O)N2CCC(C(=O)O)CC2)cc1. The molecule has 2 rings (SSSR count). The van der Waals surface area contributed by atoms with Crippen molar-refractivity contribution in [3.05, 3.63) is 29.8 Å². The third-order valence-corrected chi connectivity index (χ3v) is 4.38. The largest absolute Gasteiger partial charge is 0.484 e. The molecule has 0 unspecified atom stereocenters. The van der Waals surface area contributed by atoms with Gasteiger partial charge < -0.3 is 19.6 Å². The van der Waals surface area contributed by atoms with E-state index in [1.807, 2.05) is 19.1 Å². The monoisotopic (exact) mass is 348 g/mol. The Labute approximate surface area is 147 Å². The van der Waals surface area contributed by atoms with Crippen LogP contribution >= 0.6 is 0 Å². The highest BCUT2D eigenvalue weighted by Crippen LogP contribution is 2.17. The Balaban J connectivity index is 1.75. The summed E-state index contributed by atoms with van der Waals surface area (Å²) in [4.78, 5) is 38.2. The number of rotatable bonds is 6. The van der Waals surface area contributed by atoms with Crippen molar-refractivity contribution in [1.29, 1.82) is 0 Å². The minimum Gasteiger partial charge on any atom is -0.484 e. The van der Waals surface area contributed by atoms with Crippen molar-refractivity contribution in [2.24, 2.45) is 5.92 Å². The molecule has 7 nitrogen and oxygen atoms in total. The second-order valence-corrected chi connectivity index (χ2v) is 6.34. The lowest BCUT2D eigenvalue weighted by Gasteiger charge is -2.31. The van der Waals surface area contributed by atoms with Crippen molar-refractivity contribution in [3.63, 3.8) is 0 Å². The van der Waals surface area contributed by atoms with Gasteiger partial charge in [-0.1, -0.05) is 17.7 Å². The first kappa shape index (κ1) is 18.8. The number of benzene rings is 1. The van der Waals surface area contributed by atoms with Crippen LogP contribution < -0.4 is 4.74 Å². The fourth-order valence-electron chi connectivity index (χ4n) is 2.66. The zero-order chi connectivity index (χ0) is 18.4. The van der Waals surface area contributed by atoms with Gasteiger partial charge in [-0.05, 0) is 31.9 Å². The number of hydrogen-bond acceptors (Lipinski definition) is 4. The highest BCUT2D eigenvalue weighted by Gasteiger charge is 2.27. The number of aliphatic carboxylic acids is 1. The van der Waals surface area contributed by atoms with E-state index < -0.39 is 5.97 Å². The van der Waals surface area contributed by atoms with Crippen molar-refractivity contribution in [3.8, 4) is 5.75 Å². The van der Waals surface area contributed by atoms with Gasteiger partial charge in [0.1, 0.15) is 5.75 Å². The Kier molecular flexibility index (Phi) is 6.38. The molecule has 1 fully saturated rings. The molecule has 0 aromatic heterocycles. The number of carboxylic acids is 1. The summed E-state index contributed by atoms with van der Waals surface area (Å²) in [7, 11) is 1.56. The molecular formula is C18H24N2O5. The molecule has 1 aromatic carbocycles. The highest BCUT2D eigenvalue weighted by atomic mass is 16.5. The van der Waals surface area contributed by atoms with Gasteiger partial charge in [-0.25, -0.2) is 0 Å². The summed E-state index contributed by atoms with van der Waals surface area (Å²) in [5, 5.41) is 8.98. The molecule has 1 aromatic rings. The Morgan fingerprint density at radius 2 is 1.80 bits per heavy atom. The smallest absolute Gasteiger partial charge is 0.306 e. The van der Waals surface area contributed by atoms with Gasteiger partial charge in [0.05, 0.1) is 12.5 Å². The number of likely N-dealkylation sites (tertiary alicyclic amines) is 1. The number of nitrogens with zero attached hydrogens (tertiary/aromatic N) is 2. The number of piperidine rings is 1. The highest BCUT2D eigenvalue weighted by molar-refractivity contribution is 5.85. The lowest BCUT2D eigenvalue weighted by atomic mass is 9.97. The fourth-order valence-corrected chi connectivity index (χ4v) is 2.66. The molecule has 1 saturated heterocycles. The minimum absolute atomic E-state index is 0.0339. The predicted octanol–water partition coefficient (Wildman–Crippen LogP) is 1.16. The van der Waals surface area contributed by atoms with Crippen LogP contribution in [-0.2, 0) is 14.4 Å². The minimum atomic E-state index is -0.812. The maximum Gasteiger partial charge on any atom is 0.306 e. The van der Waals surface area contributed by atoms with Crippen LogP contribution in [0.25, 0.3) is 0 Å². The van der Waals surface area contributed by atoms with Gasteiger partial charge in [-0.15, -0.1) is 0 Å². The first-order valence-corrected chi connectivity index (χ1v) is 8.31. The number of carbonyl (C=O) groups is 3. The van der Waals surface area contributed by atoms with Gasteiger partial charge in [0, 0.05) is 20.1 Å². The third kappa shape index (κ3) is 5.48. The van der Waals surface area contributed by atoms with Gasteiger partial charge in [0.25, 0.3) is 5.91 Å². The molecule has 1 aliphatic rings. The maximum absolute atomic E-state index is 12.2. The zero-order valence-electron chi connectivity index (χ0n) is 14.6. The molecule has 1 N–H and O–H groups in total. The molecular weight excluding hydrogens is 324 g/mol. The van der Waals surface area contributed by atoms with Crippen LogP contribution in [-0.4, -0.2) is 66.0 Å². The molecule has 2 amide bonds. The van der Waals surface area contributed by atoms with Crippen molar-refractivity contribution in [2.45, 2.75) is 19.8 Å². The molecule has 0 radical (unpaired) electrons.